The first-order valence-electron chi connectivity index (χ1n) is 6.28. The summed E-state index contributed by atoms with van der Waals surface area (Å²) >= 11 is 0. The maximum atomic E-state index is 9.92. The molecule has 4 heteroatoms. The van der Waals surface area contributed by atoms with Crippen LogP contribution in [0.1, 0.15) is 31.4 Å². The van der Waals surface area contributed by atoms with Crippen LogP contribution in [0.25, 0.3) is 10.8 Å². The summed E-state index contributed by atoms with van der Waals surface area (Å²) in [5.41, 5.74) is 6.97. The van der Waals surface area contributed by atoms with Crippen LogP contribution < -0.4 is 5.73 Å². The van der Waals surface area contributed by atoms with E-state index in [1.807, 2.05) is 31.2 Å². The molecule has 0 aliphatic rings. The van der Waals surface area contributed by atoms with Gasteiger partial charge in [0.2, 0.25) is 0 Å². The second-order valence-corrected chi connectivity index (χ2v) is 4.67. The average molecular weight is 282 g/mol. The number of aliphatic hydroxyl groups is 1. The van der Waals surface area contributed by atoms with Gasteiger partial charge in [-0.05, 0) is 41.0 Å². The quantitative estimate of drug-likeness (QED) is 0.807. The second-order valence-electron chi connectivity index (χ2n) is 4.67. The largest absolute Gasteiger partial charge is 0.508 e. The number of aromatic hydroxyl groups is 1. The Labute approximate surface area is 119 Å². The van der Waals surface area contributed by atoms with Crippen LogP contribution in [-0.4, -0.2) is 16.3 Å². The Morgan fingerprint density at radius 2 is 1.74 bits per heavy atom. The van der Waals surface area contributed by atoms with E-state index in [-0.39, 0.29) is 24.2 Å². The Hall–Kier alpha value is -1.29. The summed E-state index contributed by atoms with van der Waals surface area (Å²) in [4.78, 5) is 0. The molecule has 2 atom stereocenters. The van der Waals surface area contributed by atoms with Crippen molar-refractivity contribution in [2.24, 2.45) is 5.73 Å². The normalized spacial score (nSPS) is 13.8. The molecule has 0 aliphatic carbocycles. The minimum absolute atomic E-state index is 0. The first-order valence-corrected chi connectivity index (χ1v) is 6.28. The van der Waals surface area contributed by atoms with Crippen LogP contribution in [0.15, 0.2) is 36.4 Å². The van der Waals surface area contributed by atoms with Crippen LogP contribution in [0.3, 0.4) is 0 Å². The van der Waals surface area contributed by atoms with E-state index in [1.54, 1.807) is 12.1 Å². The number of halogens is 1. The highest BCUT2D eigenvalue weighted by atomic mass is 35.5. The lowest BCUT2D eigenvalue weighted by molar-refractivity contribution is 0.134. The SMILES string of the molecule is CCC[C@@H](O)[C@@H](N)c1ccc2cc(O)ccc2c1.Cl. The second kappa shape index (κ2) is 6.75. The van der Waals surface area contributed by atoms with Crippen molar-refractivity contribution in [3.8, 4) is 5.75 Å². The fourth-order valence-electron chi connectivity index (χ4n) is 2.16. The Balaban J connectivity index is 0.00000180. The highest BCUT2D eigenvalue weighted by molar-refractivity contribution is 5.85. The van der Waals surface area contributed by atoms with Crippen LogP contribution in [0.5, 0.6) is 5.75 Å². The molecule has 0 spiro atoms. The van der Waals surface area contributed by atoms with Gasteiger partial charge in [-0.2, -0.15) is 0 Å². The molecule has 2 aromatic carbocycles. The number of hydrogen-bond acceptors (Lipinski definition) is 3. The number of fused-ring (bicyclic) bond motifs is 1. The van der Waals surface area contributed by atoms with Crippen molar-refractivity contribution in [2.45, 2.75) is 31.9 Å². The van der Waals surface area contributed by atoms with Crippen molar-refractivity contribution < 1.29 is 10.2 Å². The molecule has 2 aromatic rings. The van der Waals surface area contributed by atoms with Crippen molar-refractivity contribution >= 4 is 23.2 Å². The molecule has 0 unspecified atom stereocenters. The van der Waals surface area contributed by atoms with E-state index >= 15 is 0 Å². The van der Waals surface area contributed by atoms with E-state index in [0.717, 1.165) is 22.8 Å². The Morgan fingerprint density at radius 3 is 2.42 bits per heavy atom. The van der Waals surface area contributed by atoms with Gasteiger partial charge in [-0.25, -0.2) is 0 Å². The molecule has 0 aromatic heterocycles. The van der Waals surface area contributed by atoms with Gasteiger partial charge in [0.05, 0.1) is 12.1 Å². The molecule has 3 nitrogen and oxygen atoms in total. The van der Waals surface area contributed by atoms with E-state index < -0.39 is 6.10 Å². The number of phenolic OH excluding ortho intramolecular Hbond substituents is 1. The van der Waals surface area contributed by atoms with Crippen LogP contribution in [-0.2, 0) is 0 Å². The Bertz CT molecular complexity index is 545. The molecule has 4 N–H and O–H groups in total. The van der Waals surface area contributed by atoms with Gasteiger partial charge in [0.1, 0.15) is 5.75 Å². The molecule has 0 heterocycles. The van der Waals surface area contributed by atoms with Crippen molar-refractivity contribution in [2.75, 3.05) is 0 Å². The van der Waals surface area contributed by atoms with Gasteiger partial charge in [0.25, 0.3) is 0 Å². The lowest BCUT2D eigenvalue weighted by atomic mass is 9.96. The van der Waals surface area contributed by atoms with E-state index in [1.165, 1.54) is 0 Å². The van der Waals surface area contributed by atoms with Crippen LogP contribution in [0.4, 0.5) is 0 Å². The topological polar surface area (TPSA) is 66.5 Å². The van der Waals surface area contributed by atoms with Gasteiger partial charge in [-0.15, -0.1) is 12.4 Å². The maximum absolute atomic E-state index is 9.92. The van der Waals surface area contributed by atoms with E-state index in [2.05, 4.69) is 0 Å². The summed E-state index contributed by atoms with van der Waals surface area (Å²) in [7, 11) is 0. The fraction of sp³-hybridized carbons (Fsp3) is 0.333. The summed E-state index contributed by atoms with van der Waals surface area (Å²) in [6.45, 7) is 2.03. The van der Waals surface area contributed by atoms with Gasteiger partial charge < -0.3 is 15.9 Å². The zero-order chi connectivity index (χ0) is 13.1. The first-order chi connectivity index (χ1) is 8.61. The van der Waals surface area contributed by atoms with Crippen molar-refractivity contribution in [1.29, 1.82) is 0 Å². The molecule has 0 fully saturated rings. The molecular formula is C15H20ClNO2. The molecule has 0 saturated carbocycles. The fourth-order valence-corrected chi connectivity index (χ4v) is 2.16. The average Bonchev–Trinajstić information content (AvgIpc) is 2.37. The van der Waals surface area contributed by atoms with E-state index in [9.17, 15) is 10.2 Å². The molecule has 19 heavy (non-hydrogen) atoms. The van der Waals surface area contributed by atoms with Gasteiger partial charge in [-0.1, -0.05) is 31.5 Å². The van der Waals surface area contributed by atoms with Crippen LogP contribution >= 0.6 is 12.4 Å². The zero-order valence-electron chi connectivity index (χ0n) is 10.9. The molecule has 0 aliphatic heterocycles. The number of aliphatic hydroxyl groups excluding tert-OH is 1. The minimum atomic E-state index is -0.510. The summed E-state index contributed by atoms with van der Waals surface area (Å²) < 4.78 is 0. The van der Waals surface area contributed by atoms with Gasteiger partial charge >= 0.3 is 0 Å². The molecule has 0 bridgehead atoms. The number of nitrogens with two attached hydrogens (primary N) is 1. The molecule has 0 saturated heterocycles. The Kier molecular flexibility index (Phi) is 5.60. The third-order valence-electron chi connectivity index (χ3n) is 3.23. The molecular weight excluding hydrogens is 262 g/mol. The summed E-state index contributed by atoms with van der Waals surface area (Å²) in [6, 6.07) is 10.7. The third kappa shape index (κ3) is 3.60. The Morgan fingerprint density at radius 1 is 1.11 bits per heavy atom. The lowest BCUT2D eigenvalue weighted by Crippen LogP contribution is -2.25. The van der Waals surface area contributed by atoms with Crippen molar-refractivity contribution in [3.05, 3.63) is 42.0 Å². The van der Waals surface area contributed by atoms with E-state index in [4.69, 9.17) is 5.73 Å². The van der Waals surface area contributed by atoms with Crippen molar-refractivity contribution in [3.63, 3.8) is 0 Å². The highest BCUT2D eigenvalue weighted by Gasteiger charge is 2.16. The molecule has 0 amide bonds. The summed E-state index contributed by atoms with van der Waals surface area (Å²) in [6.07, 6.45) is 1.11. The molecule has 104 valence electrons. The monoisotopic (exact) mass is 281 g/mol. The highest BCUT2D eigenvalue weighted by Crippen LogP contribution is 2.25. The smallest absolute Gasteiger partial charge is 0.116 e. The predicted molar refractivity (Wildman–Crippen MR) is 80.7 cm³/mol. The number of rotatable bonds is 4. The van der Waals surface area contributed by atoms with E-state index in [0.29, 0.717) is 6.42 Å². The summed E-state index contributed by atoms with van der Waals surface area (Å²) in [5.74, 6) is 0.255. The summed E-state index contributed by atoms with van der Waals surface area (Å²) in [5, 5.41) is 21.3. The predicted octanol–water partition coefficient (Wildman–Crippen LogP) is 3.13. The zero-order valence-corrected chi connectivity index (χ0v) is 11.7. The van der Waals surface area contributed by atoms with Crippen molar-refractivity contribution in [1.82, 2.24) is 0 Å². The van der Waals surface area contributed by atoms with Crippen LogP contribution in [0.2, 0.25) is 0 Å². The number of hydrogen-bond donors (Lipinski definition) is 3. The standard InChI is InChI=1S/C15H19NO2.ClH/c1-2-3-14(18)15(16)12-5-4-11-9-13(17)7-6-10(11)8-12;/h4-9,14-15,17-18H,2-3,16H2,1H3;1H/t14-,15+;/m1./s1. The maximum Gasteiger partial charge on any atom is 0.116 e. The molecule has 0 radical (unpaired) electrons. The number of benzene rings is 2. The van der Waals surface area contributed by atoms with Crippen LogP contribution in [0, 0.1) is 0 Å². The lowest BCUT2D eigenvalue weighted by Gasteiger charge is -2.19. The third-order valence-corrected chi connectivity index (χ3v) is 3.23. The minimum Gasteiger partial charge on any atom is -0.508 e. The van der Waals surface area contributed by atoms with Gasteiger partial charge in [-0.3, -0.25) is 0 Å². The number of phenols is 1. The van der Waals surface area contributed by atoms with Gasteiger partial charge in [0.15, 0.2) is 0 Å². The van der Waals surface area contributed by atoms with Gasteiger partial charge in [0, 0.05) is 0 Å². The first kappa shape index (κ1) is 15.8. The molecule has 2 rings (SSSR count).